The van der Waals surface area contributed by atoms with Gasteiger partial charge in [-0.1, -0.05) is 24.3 Å². The zero-order chi connectivity index (χ0) is 20.6. The molecule has 6 nitrogen and oxygen atoms in total. The van der Waals surface area contributed by atoms with Crippen molar-refractivity contribution in [2.24, 2.45) is 0 Å². The molecule has 1 aliphatic heterocycles. The van der Waals surface area contributed by atoms with Crippen molar-refractivity contribution in [1.82, 2.24) is 15.1 Å². The van der Waals surface area contributed by atoms with Gasteiger partial charge in [0.25, 0.3) is 5.91 Å². The van der Waals surface area contributed by atoms with Crippen LogP contribution in [0.2, 0.25) is 0 Å². The van der Waals surface area contributed by atoms with Gasteiger partial charge >= 0.3 is 0 Å². The molecule has 0 saturated carbocycles. The highest BCUT2D eigenvalue weighted by molar-refractivity contribution is 5.94. The fourth-order valence-electron chi connectivity index (χ4n) is 3.45. The van der Waals surface area contributed by atoms with Crippen LogP contribution in [0.3, 0.4) is 0 Å². The van der Waals surface area contributed by atoms with E-state index < -0.39 is 0 Å². The Labute approximate surface area is 171 Å². The number of carbonyl (C=O) groups excluding carboxylic acids is 2. The van der Waals surface area contributed by atoms with E-state index in [2.05, 4.69) is 16.3 Å². The van der Waals surface area contributed by atoms with E-state index in [9.17, 15) is 9.59 Å². The molecule has 29 heavy (non-hydrogen) atoms. The van der Waals surface area contributed by atoms with E-state index in [0.717, 1.165) is 38.2 Å². The predicted octanol–water partition coefficient (Wildman–Crippen LogP) is 2.54. The summed E-state index contributed by atoms with van der Waals surface area (Å²) in [4.78, 5) is 28.2. The molecule has 150 valence electrons. The van der Waals surface area contributed by atoms with Crippen LogP contribution in [0.5, 0.6) is 0 Å². The minimum atomic E-state index is -0.0692. The topological polar surface area (TPSA) is 76.4 Å². The van der Waals surface area contributed by atoms with Gasteiger partial charge in [0, 0.05) is 51.8 Å². The summed E-state index contributed by atoms with van der Waals surface area (Å²) in [5, 5.41) is 11.7. The minimum Gasteiger partial charge on any atom is -0.352 e. The van der Waals surface area contributed by atoms with Gasteiger partial charge in [0.15, 0.2) is 0 Å². The molecule has 2 aromatic carbocycles. The van der Waals surface area contributed by atoms with Gasteiger partial charge in [-0.15, -0.1) is 0 Å². The van der Waals surface area contributed by atoms with Crippen LogP contribution in [0.15, 0.2) is 48.5 Å². The first kappa shape index (κ1) is 20.6. The van der Waals surface area contributed by atoms with E-state index in [1.54, 1.807) is 0 Å². The number of benzene rings is 2. The summed E-state index contributed by atoms with van der Waals surface area (Å²) in [7, 11) is 0. The number of rotatable bonds is 5. The second-order valence-electron chi connectivity index (χ2n) is 7.34. The van der Waals surface area contributed by atoms with Gasteiger partial charge in [-0.25, -0.2) is 0 Å². The lowest BCUT2D eigenvalue weighted by Gasteiger charge is -2.22. The maximum absolute atomic E-state index is 12.9. The van der Waals surface area contributed by atoms with Crippen molar-refractivity contribution in [3.63, 3.8) is 0 Å². The molecule has 0 radical (unpaired) electrons. The molecule has 0 aliphatic carbocycles. The summed E-state index contributed by atoms with van der Waals surface area (Å²) in [6.45, 7) is 6.00. The van der Waals surface area contributed by atoms with Crippen LogP contribution < -0.4 is 5.32 Å². The first-order valence-electron chi connectivity index (χ1n) is 9.89. The lowest BCUT2D eigenvalue weighted by molar-refractivity contribution is -0.119. The molecule has 0 atom stereocenters. The molecule has 6 heteroatoms. The summed E-state index contributed by atoms with van der Waals surface area (Å²) in [5.41, 5.74) is 3.50. The number of nitriles is 1. The number of carbonyl (C=O) groups is 2. The second-order valence-corrected chi connectivity index (χ2v) is 7.34. The fourth-order valence-corrected chi connectivity index (χ4v) is 3.45. The monoisotopic (exact) mass is 390 g/mol. The smallest absolute Gasteiger partial charge is 0.253 e. The number of amides is 2. The quantitative estimate of drug-likeness (QED) is 0.851. The van der Waals surface area contributed by atoms with E-state index in [-0.39, 0.29) is 11.8 Å². The zero-order valence-corrected chi connectivity index (χ0v) is 16.7. The van der Waals surface area contributed by atoms with Crippen molar-refractivity contribution in [3.05, 3.63) is 70.8 Å². The van der Waals surface area contributed by atoms with Crippen LogP contribution in [0, 0.1) is 11.3 Å². The Hall–Kier alpha value is -3.17. The molecule has 3 rings (SSSR count). The Bertz CT molecular complexity index is 885. The average Bonchev–Trinajstić information content (AvgIpc) is 2.98. The molecule has 1 heterocycles. The summed E-state index contributed by atoms with van der Waals surface area (Å²) >= 11 is 0. The summed E-state index contributed by atoms with van der Waals surface area (Å²) in [6.07, 6.45) is 0.933. The third-order valence-electron chi connectivity index (χ3n) is 5.11. The minimum absolute atomic E-state index is 0.0521. The van der Waals surface area contributed by atoms with Crippen molar-refractivity contribution < 1.29 is 9.59 Å². The van der Waals surface area contributed by atoms with E-state index >= 15 is 0 Å². The molecule has 0 unspecified atom stereocenters. The highest BCUT2D eigenvalue weighted by Crippen LogP contribution is 2.13. The Kier molecular flexibility index (Phi) is 6.99. The maximum Gasteiger partial charge on any atom is 0.253 e. The summed E-state index contributed by atoms with van der Waals surface area (Å²) in [5.74, 6) is -0.0171. The average molecular weight is 390 g/mol. The Balaban J connectivity index is 1.54. The van der Waals surface area contributed by atoms with Gasteiger partial charge in [-0.3, -0.25) is 14.5 Å². The van der Waals surface area contributed by atoms with Crippen LogP contribution in [-0.2, 0) is 17.9 Å². The third kappa shape index (κ3) is 5.90. The van der Waals surface area contributed by atoms with Gasteiger partial charge in [0.2, 0.25) is 5.91 Å². The number of nitrogens with one attached hydrogen (secondary N) is 1. The zero-order valence-electron chi connectivity index (χ0n) is 16.7. The van der Waals surface area contributed by atoms with E-state index in [1.165, 1.54) is 12.5 Å². The Morgan fingerprint density at radius 2 is 1.66 bits per heavy atom. The van der Waals surface area contributed by atoms with Crippen molar-refractivity contribution in [2.45, 2.75) is 26.4 Å². The molecular formula is C23H26N4O2. The van der Waals surface area contributed by atoms with E-state index in [4.69, 9.17) is 5.26 Å². The summed E-state index contributed by atoms with van der Waals surface area (Å²) < 4.78 is 0. The molecular weight excluding hydrogens is 364 g/mol. The molecule has 0 aromatic heterocycles. The second kappa shape index (κ2) is 9.85. The Morgan fingerprint density at radius 1 is 0.966 bits per heavy atom. The van der Waals surface area contributed by atoms with Crippen molar-refractivity contribution >= 4 is 11.8 Å². The van der Waals surface area contributed by atoms with Crippen LogP contribution >= 0.6 is 0 Å². The maximum atomic E-state index is 12.9. The lowest BCUT2D eigenvalue weighted by atomic mass is 10.1. The van der Waals surface area contributed by atoms with Crippen molar-refractivity contribution in [3.8, 4) is 6.07 Å². The fraction of sp³-hybridized carbons (Fsp3) is 0.348. The molecule has 2 aromatic rings. The number of hydrogen-bond acceptors (Lipinski definition) is 4. The summed E-state index contributed by atoms with van der Waals surface area (Å²) in [6, 6.07) is 17.3. The molecule has 1 saturated heterocycles. The first-order chi connectivity index (χ1) is 14.0. The van der Waals surface area contributed by atoms with Gasteiger partial charge in [0.05, 0.1) is 11.6 Å². The molecule has 1 N–H and O–H groups in total. The first-order valence-corrected chi connectivity index (χ1v) is 9.89. The third-order valence-corrected chi connectivity index (χ3v) is 5.11. The number of nitrogens with zero attached hydrogens (tertiary/aromatic N) is 3. The molecule has 0 spiro atoms. The normalized spacial score (nSPS) is 14.7. The molecule has 0 bridgehead atoms. The highest BCUT2D eigenvalue weighted by atomic mass is 16.2. The molecule has 1 aliphatic rings. The predicted molar refractivity (Wildman–Crippen MR) is 111 cm³/mol. The van der Waals surface area contributed by atoms with Crippen molar-refractivity contribution in [1.29, 1.82) is 5.26 Å². The van der Waals surface area contributed by atoms with E-state index in [0.29, 0.717) is 24.2 Å². The molecule has 1 fully saturated rings. The molecule has 2 amide bonds. The SMILES string of the molecule is CC(=O)NCc1ccc(C(=O)N2CCCN(Cc3ccc(C#N)cc3)CC2)cc1. The largest absolute Gasteiger partial charge is 0.352 e. The Morgan fingerprint density at radius 3 is 2.31 bits per heavy atom. The van der Waals surface area contributed by atoms with Gasteiger partial charge < -0.3 is 10.2 Å². The van der Waals surface area contributed by atoms with Crippen LogP contribution in [0.25, 0.3) is 0 Å². The van der Waals surface area contributed by atoms with E-state index in [1.807, 2.05) is 53.4 Å². The highest BCUT2D eigenvalue weighted by Gasteiger charge is 2.20. The van der Waals surface area contributed by atoms with Gasteiger partial charge in [0.1, 0.15) is 0 Å². The van der Waals surface area contributed by atoms with Gasteiger partial charge in [-0.2, -0.15) is 5.26 Å². The van der Waals surface area contributed by atoms with Crippen molar-refractivity contribution in [2.75, 3.05) is 26.2 Å². The lowest BCUT2D eigenvalue weighted by Crippen LogP contribution is -2.35. The van der Waals surface area contributed by atoms with Crippen LogP contribution in [-0.4, -0.2) is 47.8 Å². The number of hydrogen-bond donors (Lipinski definition) is 1. The van der Waals surface area contributed by atoms with Crippen LogP contribution in [0.1, 0.15) is 40.4 Å². The van der Waals surface area contributed by atoms with Crippen LogP contribution in [0.4, 0.5) is 0 Å². The van der Waals surface area contributed by atoms with Gasteiger partial charge in [-0.05, 0) is 41.8 Å². The standard InChI is InChI=1S/C23H26N4O2/c1-18(28)25-16-20-7-9-22(10-8-20)23(29)27-12-2-11-26(13-14-27)17-21-5-3-19(15-24)4-6-21/h3-10H,2,11-14,16-17H2,1H3,(H,25,28).